The highest BCUT2D eigenvalue weighted by atomic mass is 79.9. The second-order valence-electron chi connectivity index (χ2n) is 6.71. The number of aromatic nitrogens is 3. The fourth-order valence-electron chi connectivity index (χ4n) is 3.26. The molecule has 0 radical (unpaired) electrons. The normalized spacial score (nSPS) is 14.7. The Morgan fingerprint density at radius 2 is 1.86 bits per heavy atom. The van der Waals surface area contributed by atoms with Crippen LogP contribution in [0, 0.1) is 0 Å². The van der Waals surface area contributed by atoms with Gasteiger partial charge in [-0.25, -0.2) is 9.97 Å². The van der Waals surface area contributed by atoms with Crippen LogP contribution in [0.2, 0.25) is 0 Å². The lowest BCUT2D eigenvalue weighted by molar-refractivity contribution is -0.137. The van der Waals surface area contributed by atoms with E-state index in [1.54, 1.807) is 12.4 Å². The van der Waals surface area contributed by atoms with Crippen molar-refractivity contribution in [1.82, 2.24) is 19.9 Å². The average Bonchev–Trinajstić information content (AvgIpc) is 2.67. The Morgan fingerprint density at radius 3 is 2.57 bits per heavy atom. The first-order chi connectivity index (χ1) is 13.4. The molecule has 0 unspecified atom stereocenters. The summed E-state index contributed by atoms with van der Waals surface area (Å²) in [6.07, 6.45) is 1.81. The minimum atomic E-state index is -4.34. The Bertz CT molecular complexity index is 989. The molecule has 1 aliphatic heterocycles. The molecule has 0 bridgehead atoms. The summed E-state index contributed by atoms with van der Waals surface area (Å²) in [5.41, 5.74) is 3.03. The topological polar surface area (TPSA) is 41.9 Å². The van der Waals surface area contributed by atoms with Crippen LogP contribution in [0.1, 0.15) is 22.4 Å². The zero-order chi connectivity index (χ0) is 19.7. The molecule has 8 heteroatoms. The zero-order valence-electron chi connectivity index (χ0n) is 14.7. The van der Waals surface area contributed by atoms with Crippen LogP contribution in [0.15, 0.2) is 53.4 Å². The van der Waals surface area contributed by atoms with Gasteiger partial charge in [0, 0.05) is 60.2 Å². The minimum Gasteiger partial charge on any atom is -0.294 e. The number of pyridine rings is 1. The summed E-state index contributed by atoms with van der Waals surface area (Å²) >= 11 is 3.43. The van der Waals surface area contributed by atoms with E-state index in [1.807, 2.05) is 12.3 Å². The lowest BCUT2D eigenvalue weighted by Gasteiger charge is -2.28. The number of benzene rings is 1. The fraction of sp³-hybridized carbons (Fsp3) is 0.250. The van der Waals surface area contributed by atoms with Gasteiger partial charge >= 0.3 is 6.18 Å². The van der Waals surface area contributed by atoms with Gasteiger partial charge in [0.15, 0.2) is 5.82 Å². The van der Waals surface area contributed by atoms with Crippen LogP contribution < -0.4 is 0 Å². The van der Waals surface area contributed by atoms with Crippen LogP contribution in [-0.2, 0) is 25.7 Å². The van der Waals surface area contributed by atoms with Crippen LogP contribution in [0.5, 0.6) is 0 Å². The van der Waals surface area contributed by atoms with Gasteiger partial charge in [-0.2, -0.15) is 13.2 Å². The van der Waals surface area contributed by atoms with Gasteiger partial charge in [0.25, 0.3) is 0 Å². The molecule has 2 aromatic heterocycles. The molecule has 4 rings (SSSR count). The summed E-state index contributed by atoms with van der Waals surface area (Å²) in [6, 6.07) is 7.00. The van der Waals surface area contributed by atoms with Gasteiger partial charge in [-0.3, -0.25) is 9.88 Å². The molecule has 0 fully saturated rings. The van der Waals surface area contributed by atoms with Crippen molar-refractivity contribution in [3.8, 4) is 11.4 Å². The van der Waals surface area contributed by atoms with Crippen molar-refractivity contribution >= 4 is 15.9 Å². The van der Waals surface area contributed by atoms with E-state index in [2.05, 4.69) is 35.8 Å². The Kier molecular flexibility index (Phi) is 5.16. The lowest BCUT2D eigenvalue weighted by atomic mass is 10.1. The lowest BCUT2D eigenvalue weighted by Crippen LogP contribution is -2.31. The first-order valence-electron chi connectivity index (χ1n) is 8.73. The number of rotatable bonds is 3. The molecule has 0 spiro atoms. The second kappa shape index (κ2) is 7.60. The third-order valence-electron chi connectivity index (χ3n) is 4.65. The van der Waals surface area contributed by atoms with Gasteiger partial charge < -0.3 is 0 Å². The van der Waals surface area contributed by atoms with Gasteiger partial charge in [0.05, 0.1) is 11.3 Å². The number of halogens is 4. The third kappa shape index (κ3) is 4.23. The Hall–Kier alpha value is -2.32. The van der Waals surface area contributed by atoms with Gasteiger partial charge in [-0.1, -0.05) is 12.1 Å². The molecule has 0 aliphatic carbocycles. The van der Waals surface area contributed by atoms with Crippen molar-refractivity contribution in [3.05, 3.63) is 75.8 Å². The van der Waals surface area contributed by atoms with Crippen LogP contribution in [0.4, 0.5) is 13.2 Å². The van der Waals surface area contributed by atoms with Crippen molar-refractivity contribution in [2.75, 3.05) is 6.54 Å². The van der Waals surface area contributed by atoms with E-state index < -0.39 is 11.7 Å². The molecule has 144 valence electrons. The fourth-order valence-corrected chi connectivity index (χ4v) is 3.67. The van der Waals surface area contributed by atoms with E-state index in [0.29, 0.717) is 11.4 Å². The summed E-state index contributed by atoms with van der Waals surface area (Å²) in [7, 11) is 0. The molecule has 0 saturated heterocycles. The van der Waals surface area contributed by atoms with Crippen molar-refractivity contribution in [2.45, 2.75) is 25.7 Å². The van der Waals surface area contributed by atoms with Gasteiger partial charge in [-0.15, -0.1) is 0 Å². The van der Waals surface area contributed by atoms with Gasteiger partial charge in [-0.05, 0) is 39.7 Å². The number of nitrogens with zero attached hydrogens (tertiary/aromatic N) is 4. The quantitative estimate of drug-likeness (QED) is 0.572. The zero-order valence-corrected chi connectivity index (χ0v) is 16.3. The first kappa shape index (κ1) is 19.0. The summed E-state index contributed by atoms with van der Waals surface area (Å²) in [5.74, 6) is 0.456. The maximum Gasteiger partial charge on any atom is 0.416 e. The van der Waals surface area contributed by atoms with Crippen molar-refractivity contribution < 1.29 is 13.2 Å². The minimum absolute atomic E-state index is 0.456. The molecule has 1 aromatic carbocycles. The van der Waals surface area contributed by atoms with Crippen LogP contribution in [0.25, 0.3) is 11.4 Å². The summed E-state index contributed by atoms with van der Waals surface area (Å²) in [5, 5.41) is 0. The predicted molar refractivity (Wildman–Crippen MR) is 102 cm³/mol. The van der Waals surface area contributed by atoms with E-state index in [4.69, 9.17) is 0 Å². The number of fused-ring (bicyclic) bond motifs is 1. The SMILES string of the molecule is FC(F)(F)c1ccc(-c2ncc3c(n2)CCN(Cc2cncc(Br)c2)C3)cc1. The molecule has 0 atom stereocenters. The molecule has 1 aliphatic rings. The largest absolute Gasteiger partial charge is 0.416 e. The number of hydrogen-bond donors (Lipinski definition) is 0. The Labute approximate surface area is 168 Å². The standard InChI is InChI=1S/C20H16BrF3N4/c21-17-7-13(8-25-10-17)11-28-6-5-18-15(12-28)9-26-19(27-18)14-1-3-16(4-2-14)20(22,23)24/h1-4,7-10H,5-6,11-12H2. The van der Waals surface area contributed by atoms with E-state index in [9.17, 15) is 13.2 Å². The third-order valence-corrected chi connectivity index (χ3v) is 5.08. The molecule has 4 nitrogen and oxygen atoms in total. The van der Waals surface area contributed by atoms with Crippen molar-refractivity contribution in [1.29, 1.82) is 0 Å². The molecule has 3 aromatic rings. The molecule has 28 heavy (non-hydrogen) atoms. The molecule has 0 N–H and O–H groups in total. The molecular formula is C20H16BrF3N4. The highest BCUT2D eigenvalue weighted by Crippen LogP contribution is 2.30. The van der Waals surface area contributed by atoms with Crippen LogP contribution in [-0.4, -0.2) is 26.4 Å². The maximum atomic E-state index is 12.7. The highest BCUT2D eigenvalue weighted by Gasteiger charge is 2.30. The smallest absolute Gasteiger partial charge is 0.294 e. The van der Waals surface area contributed by atoms with E-state index in [1.165, 1.54) is 12.1 Å². The monoisotopic (exact) mass is 448 g/mol. The number of alkyl halides is 3. The van der Waals surface area contributed by atoms with Gasteiger partial charge in [0.2, 0.25) is 0 Å². The Balaban J connectivity index is 1.49. The van der Waals surface area contributed by atoms with Crippen molar-refractivity contribution in [3.63, 3.8) is 0 Å². The average molecular weight is 449 g/mol. The van der Waals surface area contributed by atoms with Gasteiger partial charge in [0.1, 0.15) is 0 Å². The van der Waals surface area contributed by atoms with Crippen molar-refractivity contribution in [2.24, 2.45) is 0 Å². The molecular weight excluding hydrogens is 433 g/mol. The van der Waals surface area contributed by atoms with E-state index in [-0.39, 0.29) is 0 Å². The van der Waals surface area contributed by atoms with Crippen LogP contribution in [0.3, 0.4) is 0 Å². The van der Waals surface area contributed by atoms with Crippen LogP contribution >= 0.6 is 15.9 Å². The molecule has 3 heterocycles. The molecule has 0 saturated carbocycles. The molecule has 0 amide bonds. The second-order valence-corrected chi connectivity index (χ2v) is 7.63. The summed E-state index contributed by atoms with van der Waals surface area (Å²) in [6.45, 7) is 2.37. The van der Waals surface area contributed by atoms with E-state index >= 15 is 0 Å². The summed E-state index contributed by atoms with van der Waals surface area (Å²) in [4.78, 5) is 15.5. The predicted octanol–water partition coefficient (Wildman–Crippen LogP) is 4.88. The first-order valence-corrected chi connectivity index (χ1v) is 9.52. The highest BCUT2D eigenvalue weighted by molar-refractivity contribution is 9.10. The van der Waals surface area contributed by atoms with E-state index in [0.717, 1.165) is 59.5 Å². The Morgan fingerprint density at radius 1 is 1.07 bits per heavy atom. The summed E-state index contributed by atoms with van der Waals surface area (Å²) < 4.78 is 39.1. The maximum absolute atomic E-state index is 12.7. The number of hydrogen-bond acceptors (Lipinski definition) is 4.